The number of anilines is 2. The van der Waals surface area contributed by atoms with Crippen molar-refractivity contribution in [2.24, 2.45) is 0 Å². The average Bonchev–Trinajstić information content (AvgIpc) is 3.48. The third kappa shape index (κ3) is 4.56. The van der Waals surface area contributed by atoms with Crippen LogP contribution in [0.25, 0.3) is 16.9 Å². The Balaban J connectivity index is 1.46. The van der Waals surface area contributed by atoms with Crippen LogP contribution in [0.2, 0.25) is 0 Å². The molecule has 0 fully saturated rings. The lowest BCUT2D eigenvalue weighted by Crippen LogP contribution is -2.18. The molecule has 0 bridgehead atoms. The summed E-state index contributed by atoms with van der Waals surface area (Å²) in [6.45, 7) is 3.87. The molecule has 0 spiro atoms. The van der Waals surface area contributed by atoms with Gasteiger partial charge in [-0.25, -0.2) is 9.97 Å². The number of fused-ring (bicyclic) bond motifs is 1. The molecule has 0 radical (unpaired) electrons. The molecule has 2 N–H and O–H groups in total. The van der Waals surface area contributed by atoms with Gasteiger partial charge in [-0.15, -0.1) is 13.2 Å². The molecule has 34 heavy (non-hydrogen) atoms. The molecule has 12 heteroatoms. The number of ether oxygens (including phenoxy) is 1. The van der Waals surface area contributed by atoms with Crippen LogP contribution < -0.4 is 10.1 Å². The highest BCUT2D eigenvalue weighted by atomic mass is 19.4. The molecule has 1 aromatic carbocycles. The molecule has 5 rings (SSSR count). The van der Waals surface area contributed by atoms with Crippen molar-refractivity contribution in [3.63, 3.8) is 0 Å². The van der Waals surface area contributed by atoms with Crippen LogP contribution in [0.3, 0.4) is 0 Å². The molecule has 4 aromatic heterocycles. The Bertz CT molecular complexity index is 1470. The van der Waals surface area contributed by atoms with Gasteiger partial charge in [0.2, 0.25) is 5.95 Å². The first kappa shape index (κ1) is 21.5. The zero-order valence-corrected chi connectivity index (χ0v) is 18.1. The monoisotopic (exact) mass is 468 g/mol. The first-order valence-electron chi connectivity index (χ1n) is 10.3. The summed E-state index contributed by atoms with van der Waals surface area (Å²) in [5.41, 5.74) is 4.01. The van der Waals surface area contributed by atoms with E-state index in [1.807, 2.05) is 36.6 Å². The van der Waals surface area contributed by atoms with Crippen molar-refractivity contribution in [1.82, 2.24) is 34.3 Å². The van der Waals surface area contributed by atoms with Crippen LogP contribution in [0.1, 0.15) is 17.0 Å². The Kier molecular flexibility index (Phi) is 5.19. The smallest absolute Gasteiger partial charge is 0.405 e. The van der Waals surface area contributed by atoms with Gasteiger partial charge in [-0.2, -0.15) is 10.2 Å². The number of aromatic nitrogens is 7. The van der Waals surface area contributed by atoms with Crippen LogP contribution in [0.5, 0.6) is 5.75 Å². The highest BCUT2D eigenvalue weighted by molar-refractivity contribution is 5.66. The summed E-state index contributed by atoms with van der Waals surface area (Å²) in [4.78, 5) is 9.24. The van der Waals surface area contributed by atoms with Gasteiger partial charge in [-0.05, 0) is 19.9 Å². The van der Waals surface area contributed by atoms with E-state index in [9.17, 15) is 13.2 Å². The maximum Gasteiger partial charge on any atom is 0.573 e. The fraction of sp³-hybridized carbons (Fsp3) is 0.182. The Morgan fingerprint density at radius 2 is 1.91 bits per heavy atom. The van der Waals surface area contributed by atoms with Crippen LogP contribution in [0, 0.1) is 13.8 Å². The Labute approximate surface area is 191 Å². The van der Waals surface area contributed by atoms with Crippen LogP contribution in [-0.2, 0) is 6.54 Å². The predicted molar refractivity (Wildman–Crippen MR) is 118 cm³/mol. The standard InChI is InChI=1S/C22H19F3N8O/c1-13-7-19(31-30-13)29-21-28-17(8-20-27-14(2)10-33(20)21)16-9-26-32(12-16)11-15-5-3-4-6-18(15)34-22(23,24)25/h3-10,12H,11H2,1-2H3,(H2,28,29,30,31). The SMILES string of the molecule is Cc1cn2c(Nc3cc(C)[nH]n3)nc(-c3cnn(Cc4ccccc4OC(F)(F)F)c3)cc2n1. The van der Waals surface area contributed by atoms with Gasteiger partial charge < -0.3 is 10.1 Å². The summed E-state index contributed by atoms with van der Waals surface area (Å²) in [7, 11) is 0. The van der Waals surface area contributed by atoms with Gasteiger partial charge in [-0.1, -0.05) is 18.2 Å². The van der Waals surface area contributed by atoms with Gasteiger partial charge in [0.15, 0.2) is 5.82 Å². The first-order valence-corrected chi connectivity index (χ1v) is 10.3. The summed E-state index contributed by atoms with van der Waals surface area (Å²) in [5.74, 6) is 0.850. The predicted octanol–water partition coefficient (Wildman–Crippen LogP) is 4.62. The summed E-state index contributed by atoms with van der Waals surface area (Å²) in [6, 6.07) is 9.64. The lowest BCUT2D eigenvalue weighted by molar-refractivity contribution is -0.274. The van der Waals surface area contributed by atoms with Crippen molar-refractivity contribution >= 4 is 17.4 Å². The largest absolute Gasteiger partial charge is 0.573 e. The number of nitrogens with zero attached hydrogens (tertiary/aromatic N) is 6. The minimum atomic E-state index is -4.77. The van der Waals surface area contributed by atoms with Gasteiger partial charge in [-0.3, -0.25) is 14.2 Å². The molecule has 0 saturated carbocycles. The summed E-state index contributed by atoms with van der Waals surface area (Å²) in [6.07, 6.45) is 0.393. The number of para-hydroxylation sites is 1. The molecule has 9 nitrogen and oxygen atoms in total. The molecule has 0 unspecified atom stereocenters. The van der Waals surface area contributed by atoms with E-state index in [2.05, 4.69) is 30.3 Å². The van der Waals surface area contributed by atoms with E-state index in [0.29, 0.717) is 34.2 Å². The van der Waals surface area contributed by atoms with Gasteiger partial charge in [0.25, 0.3) is 0 Å². The zero-order valence-electron chi connectivity index (χ0n) is 18.1. The maximum absolute atomic E-state index is 12.7. The normalized spacial score (nSPS) is 11.8. The number of H-pyrrole nitrogens is 1. The van der Waals surface area contributed by atoms with Gasteiger partial charge in [0, 0.05) is 41.3 Å². The number of rotatable bonds is 6. The summed E-state index contributed by atoms with van der Waals surface area (Å²) >= 11 is 0. The van der Waals surface area contributed by atoms with Crippen LogP contribution in [-0.4, -0.2) is 40.7 Å². The number of halogens is 3. The minimum Gasteiger partial charge on any atom is -0.405 e. The third-order valence-electron chi connectivity index (χ3n) is 4.98. The second kappa shape index (κ2) is 8.21. The highest BCUT2D eigenvalue weighted by Crippen LogP contribution is 2.28. The maximum atomic E-state index is 12.7. The topological polar surface area (TPSA) is 98.0 Å². The van der Waals surface area contributed by atoms with E-state index in [0.717, 1.165) is 11.4 Å². The number of alkyl halides is 3. The quantitative estimate of drug-likeness (QED) is 0.377. The molecule has 4 heterocycles. The van der Waals surface area contributed by atoms with Crippen LogP contribution >= 0.6 is 0 Å². The number of hydrogen-bond donors (Lipinski definition) is 2. The summed E-state index contributed by atoms with van der Waals surface area (Å²) < 4.78 is 45.7. The van der Waals surface area contributed by atoms with E-state index >= 15 is 0 Å². The fourth-order valence-electron chi connectivity index (χ4n) is 3.56. The Morgan fingerprint density at radius 3 is 2.68 bits per heavy atom. The van der Waals surface area contributed by atoms with Crippen molar-refractivity contribution in [2.75, 3.05) is 5.32 Å². The van der Waals surface area contributed by atoms with E-state index in [1.54, 1.807) is 24.5 Å². The van der Waals surface area contributed by atoms with Gasteiger partial charge >= 0.3 is 6.36 Å². The van der Waals surface area contributed by atoms with Gasteiger partial charge in [0.1, 0.15) is 11.4 Å². The van der Waals surface area contributed by atoms with Crippen molar-refractivity contribution in [2.45, 2.75) is 26.8 Å². The highest BCUT2D eigenvalue weighted by Gasteiger charge is 2.32. The molecule has 0 saturated heterocycles. The number of imidazole rings is 1. The van der Waals surface area contributed by atoms with Gasteiger partial charge in [0.05, 0.1) is 24.1 Å². The lowest BCUT2D eigenvalue weighted by Gasteiger charge is -2.13. The van der Waals surface area contributed by atoms with Crippen molar-refractivity contribution < 1.29 is 17.9 Å². The minimum absolute atomic E-state index is 0.0919. The van der Waals surface area contributed by atoms with E-state index in [4.69, 9.17) is 4.98 Å². The summed E-state index contributed by atoms with van der Waals surface area (Å²) in [5, 5.41) is 14.6. The van der Waals surface area contributed by atoms with Crippen LogP contribution in [0.15, 0.2) is 55.0 Å². The second-order valence-corrected chi connectivity index (χ2v) is 7.72. The average molecular weight is 468 g/mol. The second-order valence-electron chi connectivity index (χ2n) is 7.72. The third-order valence-corrected chi connectivity index (χ3v) is 4.98. The van der Waals surface area contributed by atoms with E-state index < -0.39 is 6.36 Å². The van der Waals surface area contributed by atoms with Crippen molar-refractivity contribution in [1.29, 1.82) is 0 Å². The Hall–Kier alpha value is -4.35. The molecule has 174 valence electrons. The van der Waals surface area contributed by atoms with Crippen molar-refractivity contribution in [3.8, 4) is 17.0 Å². The van der Waals surface area contributed by atoms with E-state index in [1.165, 1.54) is 16.8 Å². The zero-order chi connectivity index (χ0) is 23.9. The molecule has 0 aliphatic heterocycles. The molecular weight excluding hydrogens is 449 g/mol. The number of aromatic amines is 1. The van der Waals surface area contributed by atoms with Crippen molar-refractivity contribution in [3.05, 3.63) is 71.9 Å². The Morgan fingerprint density at radius 1 is 1.09 bits per heavy atom. The molecule has 5 aromatic rings. The molecule has 0 amide bonds. The number of hydrogen-bond acceptors (Lipinski definition) is 6. The number of nitrogens with one attached hydrogen (secondary N) is 2. The van der Waals surface area contributed by atoms with Crippen LogP contribution in [0.4, 0.5) is 24.9 Å². The molecule has 0 aliphatic rings. The fourth-order valence-corrected chi connectivity index (χ4v) is 3.56. The number of benzene rings is 1. The first-order chi connectivity index (χ1) is 16.2. The molecule has 0 atom stereocenters. The lowest BCUT2D eigenvalue weighted by atomic mass is 10.2. The number of aryl methyl sites for hydroxylation is 2. The molecule has 0 aliphatic carbocycles. The molecular formula is C22H19F3N8O. The van der Waals surface area contributed by atoms with E-state index in [-0.39, 0.29) is 12.3 Å².